The summed E-state index contributed by atoms with van der Waals surface area (Å²) in [4.78, 5) is 23.8. The summed E-state index contributed by atoms with van der Waals surface area (Å²) in [7, 11) is 1.91. The van der Waals surface area contributed by atoms with Gasteiger partial charge in [-0.2, -0.15) is 18.6 Å². The Morgan fingerprint density at radius 1 is 1.19 bits per heavy atom. The van der Waals surface area contributed by atoms with Gasteiger partial charge in [-0.15, -0.1) is 0 Å². The third-order valence-electron chi connectivity index (χ3n) is 5.57. The molecule has 3 heterocycles. The summed E-state index contributed by atoms with van der Waals surface area (Å²) in [6.07, 6.45) is 5.20. The normalized spacial score (nSPS) is 15.4. The zero-order chi connectivity index (χ0) is 22.1. The standard InChI is InChI=1S/C23H27FN6O.H2S/c1-14(2)21-23(31)28-20-15(3)26-19(27-22(20)29(21)4)9-8-17-11-25-30(13-17)12-16-6-5-7-18(24)10-16;/h5-7,10-11,13-14,21H,8-9,12H2,1-4H3,(H,28,31);1H2/t21-;/m0./s1. The van der Waals surface area contributed by atoms with Crippen molar-refractivity contribution in [2.24, 2.45) is 5.92 Å². The topological polar surface area (TPSA) is 75.9 Å². The first-order valence-electron chi connectivity index (χ1n) is 10.5. The minimum absolute atomic E-state index is 0. The van der Waals surface area contributed by atoms with E-state index < -0.39 is 0 Å². The molecule has 0 unspecified atom stereocenters. The number of hydrogen-bond acceptors (Lipinski definition) is 5. The Hall–Kier alpha value is -2.94. The van der Waals surface area contributed by atoms with Crippen molar-refractivity contribution in [1.29, 1.82) is 0 Å². The molecule has 3 aromatic rings. The molecule has 0 aliphatic carbocycles. The Morgan fingerprint density at radius 3 is 2.69 bits per heavy atom. The summed E-state index contributed by atoms with van der Waals surface area (Å²) in [6.45, 7) is 6.47. The first-order chi connectivity index (χ1) is 14.8. The first-order valence-corrected chi connectivity index (χ1v) is 10.5. The number of likely N-dealkylation sites (N-methyl/N-ethyl adjacent to an activating group) is 1. The summed E-state index contributed by atoms with van der Waals surface area (Å²) >= 11 is 0. The second kappa shape index (κ2) is 9.68. The summed E-state index contributed by atoms with van der Waals surface area (Å²) in [5, 5.41) is 7.36. The predicted molar refractivity (Wildman–Crippen MR) is 128 cm³/mol. The van der Waals surface area contributed by atoms with E-state index in [1.165, 1.54) is 12.1 Å². The van der Waals surface area contributed by atoms with E-state index in [-0.39, 0.29) is 37.2 Å². The second-order valence-corrected chi connectivity index (χ2v) is 8.39. The van der Waals surface area contributed by atoms with Crippen LogP contribution in [0.2, 0.25) is 0 Å². The van der Waals surface area contributed by atoms with Crippen LogP contribution in [-0.4, -0.2) is 38.7 Å². The molecule has 1 atom stereocenters. The van der Waals surface area contributed by atoms with Crippen molar-refractivity contribution >= 4 is 30.9 Å². The van der Waals surface area contributed by atoms with Crippen molar-refractivity contribution in [2.45, 2.75) is 46.2 Å². The lowest BCUT2D eigenvalue weighted by Crippen LogP contribution is -2.49. The Kier molecular flexibility index (Phi) is 7.18. The van der Waals surface area contributed by atoms with Gasteiger partial charge in [0.2, 0.25) is 5.91 Å². The molecule has 0 saturated carbocycles. The van der Waals surface area contributed by atoms with Crippen LogP contribution in [0.5, 0.6) is 0 Å². The number of rotatable bonds is 6. The number of halogens is 1. The second-order valence-electron chi connectivity index (χ2n) is 8.39. The Bertz CT molecular complexity index is 1120. The van der Waals surface area contributed by atoms with Gasteiger partial charge in [0.1, 0.15) is 23.4 Å². The molecule has 170 valence electrons. The number of hydrogen-bond donors (Lipinski definition) is 1. The quantitative estimate of drug-likeness (QED) is 0.615. The van der Waals surface area contributed by atoms with Gasteiger partial charge in [0.05, 0.1) is 18.4 Å². The smallest absolute Gasteiger partial charge is 0.247 e. The molecule has 1 aromatic carbocycles. The van der Waals surface area contributed by atoms with Crippen LogP contribution in [0.15, 0.2) is 36.7 Å². The third-order valence-corrected chi connectivity index (χ3v) is 5.57. The number of aromatic nitrogens is 4. The van der Waals surface area contributed by atoms with E-state index in [0.29, 0.717) is 18.7 Å². The zero-order valence-corrected chi connectivity index (χ0v) is 19.8. The molecule has 0 radical (unpaired) electrons. The van der Waals surface area contributed by atoms with Gasteiger partial charge < -0.3 is 10.2 Å². The van der Waals surface area contributed by atoms with Crippen molar-refractivity contribution in [2.75, 3.05) is 17.3 Å². The molecular weight excluding hydrogens is 427 g/mol. The first kappa shape index (κ1) is 23.7. The average molecular weight is 457 g/mol. The predicted octanol–water partition coefficient (Wildman–Crippen LogP) is 3.48. The van der Waals surface area contributed by atoms with Crippen molar-refractivity contribution in [3.63, 3.8) is 0 Å². The van der Waals surface area contributed by atoms with E-state index in [0.717, 1.165) is 34.9 Å². The minimum atomic E-state index is -0.254. The highest BCUT2D eigenvalue weighted by molar-refractivity contribution is 7.59. The molecule has 2 aromatic heterocycles. The van der Waals surface area contributed by atoms with Gasteiger partial charge in [-0.3, -0.25) is 9.48 Å². The van der Waals surface area contributed by atoms with E-state index in [2.05, 4.69) is 15.4 Å². The maximum absolute atomic E-state index is 13.4. The molecule has 1 N–H and O–H groups in total. The van der Waals surface area contributed by atoms with Crippen LogP contribution in [0.1, 0.15) is 36.5 Å². The van der Waals surface area contributed by atoms with E-state index in [4.69, 9.17) is 4.98 Å². The fraction of sp³-hybridized carbons (Fsp3) is 0.391. The molecule has 0 bridgehead atoms. The monoisotopic (exact) mass is 456 g/mol. The molecule has 1 amide bonds. The van der Waals surface area contributed by atoms with Gasteiger partial charge in [0.15, 0.2) is 5.82 Å². The lowest BCUT2D eigenvalue weighted by Gasteiger charge is -2.36. The molecule has 0 spiro atoms. The van der Waals surface area contributed by atoms with E-state index >= 15 is 0 Å². The zero-order valence-electron chi connectivity index (χ0n) is 18.8. The van der Waals surface area contributed by atoms with E-state index in [9.17, 15) is 9.18 Å². The lowest BCUT2D eigenvalue weighted by molar-refractivity contribution is -0.118. The summed E-state index contributed by atoms with van der Waals surface area (Å²) < 4.78 is 15.2. The Labute approximate surface area is 194 Å². The van der Waals surface area contributed by atoms with E-state index in [1.54, 1.807) is 10.7 Å². The molecule has 7 nitrogen and oxygen atoms in total. The highest BCUT2D eigenvalue weighted by atomic mass is 32.1. The minimum Gasteiger partial charge on any atom is -0.346 e. The van der Waals surface area contributed by atoms with Crippen LogP contribution in [0.3, 0.4) is 0 Å². The summed E-state index contributed by atoms with van der Waals surface area (Å²) in [5.74, 6) is 1.41. The summed E-state index contributed by atoms with van der Waals surface area (Å²) in [5.41, 5.74) is 3.39. The van der Waals surface area contributed by atoms with Gasteiger partial charge in [-0.1, -0.05) is 26.0 Å². The van der Waals surface area contributed by atoms with Crippen LogP contribution >= 0.6 is 13.5 Å². The Balaban J connectivity index is 0.00000289. The van der Waals surface area contributed by atoms with Gasteiger partial charge in [-0.25, -0.2) is 14.4 Å². The van der Waals surface area contributed by atoms with Gasteiger partial charge >= 0.3 is 0 Å². The largest absolute Gasteiger partial charge is 0.346 e. The lowest BCUT2D eigenvalue weighted by atomic mass is 9.99. The molecule has 1 aliphatic heterocycles. The molecule has 1 aliphatic rings. The number of nitrogens with zero attached hydrogens (tertiary/aromatic N) is 5. The highest BCUT2D eigenvalue weighted by Crippen LogP contribution is 2.33. The number of nitrogens with one attached hydrogen (secondary N) is 1. The number of carbonyl (C=O) groups excluding carboxylic acids is 1. The highest BCUT2D eigenvalue weighted by Gasteiger charge is 2.35. The van der Waals surface area contributed by atoms with Crippen LogP contribution in [-0.2, 0) is 24.2 Å². The van der Waals surface area contributed by atoms with Crippen molar-refractivity contribution in [3.05, 3.63) is 65.1 Å². The average Bonchev–Trinajstić information content (AvgIpc) is 3.14. The van der Waals surface area contributed by atoms with Crippen LogP contribution in [0.25, 0.3) is 0 Å². The molecule has 32 heavy (non-hydrogen) atoms. The fourth-order valence-electron chi connectivity index (χ4n) is 4.08. The Morgan fingerprint density at radius 2 is 1.97 bits per heavy atom. The number of aryl methyl sites for hydroxylation is 3. The van der Waals surface area contributed by atoms with Crippen LogP contribution < -0.4 is 10.2 Å². The van der Waals surface area contributed by atoms with Crippen molar-refractivity contribution in [1.82, 2.24) is 19.7 Å². The number of benzene rings is 1. The maximum Gasteiger partial charge on any atom is 0.247 e. The SMILES string of the molecule is Cc1nc(CCc2cnn(Cc3cccc(F)c3)c2)nc2c1NC(=O)[C@H](C(C)C)N2C.S. The number of fused-ring (bicyclic) bond motifs is 1. The third kappa shape index (κ3) is 4.93. The molecule has 0 fully saturated rings. The van der Waals surface area contributed by atoms with Crippen molar-refractivity contribution < 1.29 is 9.18 Å². The molecule has 9 heteroatoms. The molecule has 4 rings (SSSR count). The van der Waals surface area contributed by atoms with Gasteiger partial charge in [0.25, 0.3) is 0 Å². The van der Waals surface area contributed by atoms with Crippen LogP contribution in [0.4, 0.5) is 15.9 Å². The summed E-state index contributed by atoms with van der Waals surface area (Å²) in [6, 6.07) is 6.29. The number of anilines is 2. The van der Waals surface area contributed by atoms with E-state index in [1.807, 2.05) is 51.2 Å². The van der Waals surface area contributed by atoms with Gasteiger partial charge in [-0.05, 0) is 42.5 Å². The fourth-order valence-corrected chi connectivity index (χ4v) is 4.08. The van der Waals surface area contributed by atoms with Crippen molar-refractivity contribution in [3.8, 4) is 0 Å². The van der Waals surface area contributed by atoms with Crippen LogP contribution in [0, 0.1) is 18.7 Å². The maximum atomic E-state index is 13.4. The molecular formula is C23H29FN6OS. The molecule has 0 saturated heterocycles. The number of amides is 1. The number of carbonyl (C=O) groups is 1. The van der Waals surface area contributed by atoms with Gasteiger partial charge in [0, 0.05) is 19.7 Å².